The predicted octanol–water partition coefficient (Wildman–Crippen LogP) is 1.70. The maximum absolute atomic E-state index is 11.2. The second-order valence-corrected chi connectivity index (χ2v) is 3.61. The molecule has 0 bridgehead atoms. The normalized spacial score (nSPS) is 9.77. The largest absolute Gasteiger partial charge is 0.398 e. The summed E-state index contributed by atoms with van der Waals surface area (Å²) in [4.78, 5) is 11.2. The Morgan fingerprint density at radius 2 is 2.15 bits per heavy atom. The van der Waals surface area contributed by atoms with E-state index in [4.69, 9.17) is 5.73 Å². The number of anilines is 1. The van der Waals surface area contributed by atoms with Crippen LogP contribution in [0, 0.1) is 6.92 Å². The first-order chi connectivity index (χ1) is 6.06. The molecule has 70 valence electrons. The quantitative estimate of drug-likeness (QED) is 0.737. The maximum atomic E-state index is 11.2. The SMILES string of the molecule is CNC(=O)c1cc(N)c(C)c(Br)c1. The van der Waals surface area contributed by atoms with E-state index in [1.165, 1.54) is 0 Å². The monoisotopic (exact) mass is 242 g/mol. The molecule has 0 atom stereocenters. The van der Waals surface area contributed by atoms with Crippen LogP contribution in [0.25, 0.3) is 0 Å². The van der Waals surface area contributed by atoms with Crippen molar-refractivity contribution in [2.24, 2.45) is 0 Å². The third-order valence-corrected chi connectivity index (χ3v) is 2.70. The summed E-state index contributed by atoms with van der Waals surface area (Å²) in [5.74, 6) is -0.132. The summed E-state index contributed by atoms with van der Waals surface area (Å²) in [5.41, 5.74) is 7.84. The Hall–Kier alpha value is -1.03. The third-order valence-electron chi connectivity index (χ3n) is 1.87. The Morgan fingerprint density at radius 1 is 1.54 bits per heavy atom. The van der Waals surface area contributed by atoms with Gasteiger partial charge in [0.2, 0.25) is 0 Å². The van der Waals surface area contributed by atoms with E-state index in [1.807, 2.05) is 6.92 Å². The zero-order valence-electron chi connectivity index (χ0n) is 7.52. The lowest BCUT2D eigenvalue weighted by molar-refractivity contribution is 0.0963. The van der Waals surface area contributed by atoms with Gasteiger partial charge in [0.25, 0.3) is 5.91 Å². The minimum atomic E-state index is -0.132. The van der Waals surface area contributed by atoms with Gasteiger partial charge < -0.3 is 11.1 Å². The van der Waals surface area contributed by atoms with Crippen LogP contribution in [-0.4, -0.2) is 13.0 Å². The lowest BCUT2D eigenvalue weighted by Gasteiger charge is -2.06. The second-order valence-electron chi connectivity index (χ2n) is 2.75. The number of carbonyl (C=O) groups is 1. The average molecular weight is 243 g/mol. The molecule has 0 fully saturated rings. The van der Waals surface area contributed by atoms with Gasteiger partial charge in [-0.2, -0.15) is 0 Å². The van der Waals surface area contributed by atoms with Gasteiger partial charge in [-0.25, -0.2) is 0 Å². The summed E-state index contributed by atoms with van der Waals surface area (Å²) in [6.45, 7) is 1.90. The molecule has 0 aromatic heterocycles. The average Bonchev–Trinajstić information content (AvgIpc) is 2.12. The van der Waals surface area contributed by atoms with Crippen LogP contribution in [0.15, 0.2) is 16.6 Å². The van der Waals surface area contributed by atoms with Crippen molar-refractivity contribution < 1.29 is 4.79 Å². The maximum Gasteiger partial charge on any atom is 0.251 e. The Morgan fingerprint density at radius 3 is 2.62 bits per heavy atom. The number of hydrogen-bond acceptors (Lipinski definition) is 2. The zero-order valence-corrected chi connectivity index (χ0v) is 9.10. The fourth-order valence-electron chi connectivity index (χ4n) is 0.976. The van der Waals surface area contributed by atoms with Crippen molar-refractivity contribution in [3.8, 4) is 0 Å². The minimum absolute atomic E-state index is 0.132. The molecular formula is C9H11BrN2O. The molecule has 0 saturated heterocycles. The van der Waals surface area contributed by atoms with Crippen molar-refractivity contribution in [2.75, 3.05) is 12.8 Å². The van der Waals surface area contributed by atoms with Crippen LogP contribution in [0.3, 0.4) is 0 Å². The molecule has 0 heterocycles. The smallest absolute Gasteiger partial charge is 0.251 e. The van der Waals surface area contributed by atoms with Crippen LogP contribution >= 0.6 is 15.9 Å². The van der Waals surface area contributed by atoms with Crippen molar-refractivity contribution in [1.82, 2.24) is 5.32 Å². The minimum Gasteiger partial charge on any atom is -0.398 e. The Kier molecular flexibility index (Phi) is 2.93. The lowest BCUT2D eigenvalue weighted by Crippen LogP contribution is -2.18. The van der Waals surface area contributed by atoms with Crippen molar-refractivity contribution in [3.05, 3.63) is 27.7 Å². The van der Waals surface area contributed by atoms with E-state index in [9.17, 15) is 4.79 Å². The molecule has 1 aromatic rings. The molecule has 4 heteroatoms. The highest BCUT2D eigenvalue weighted by Crippen LogP contribution is 2.23. The van der Waals surface area contributed by atoms with Gasteiger partial charge in [-0.05, 0) is 24.6 Å². The zero-order chi connectivity index (χ0) is 10.0. The van der Waals surface area contributed by atoms with Crippen LogP contribution < -0.4 is 11.1 Å². The molecule has 13 heavy (non-hydrogen) atoms. The van der Waals surface area contributed by atoms with Gasteiger partial charge in [0.1, 0.15) is 0 Å². The van der Waals surface area contributed by atoms with E-state index in [2.05, 4.69) is 21.2 Å². The Balaban J connectivity index is 3.20. The van der Waals surface area contributed by atoms with Gasteiger partial charge in [-0.1, -0.05) is 15.9 Å². The summed E-state index contributed by atoms with van der Waals surface area (Å²) >= 11 is 3.33. The first-order valence-electron chi connectivity index (χ1n) is 3.84. The predicted molar refractivity (Wildman–Crippen MR) is 56.7 cm³/mol. The molecule has 0 aliphatic heterocycles. The van der Waals surface area contributed by atoms with Crippen LogP contribution in [0.2, 0.25) is 0 Å². The standard InChI is InChI=1S/C9H11BrN2O/c1-5-7(10)3-6(4-8(5)11)9(13)12-2/h3-4H,11H2,1-2H3,(H,12,13). The fraction of sp³-hybridized carbons (Fsp3) is 0.222. The summed E-state index contributed by atoms with van der Waals surface area (Å²) in [5, 5.41) is 2.54. The van der Waals surface area contributed by atoms with E-state index >= 15 is 0 Å². The van der Waals surface area contributed by atoms with E-state index < -0.39 is 0 Å². The first-order valence-corrected chi connectivity index (χ1v) is 4.63. The van der Waals surface area contributed by atoms with E-state index in [0.29, 0.717) is 11.3 Å². The van der Waals surface area contributed by atoms with Gasteiger partial charge >= 0.3 is 0 Å². The van der Waals surface area contributed by atoms with Gasteiger partial charge in [-0.3, -0.25) is 4.79 Å². The number of nitrogens with two attached hydrogens (primary N) is 1. The topological polar surface area (TPSA) is 55.1 Å². The van der Waals surface area contributed by atoms with Crippen LogP contribution in [0.4, 0.5) is 5.69 Å². The number of nitrogen functional groups attached to an aromatic ring is 1. The molecule has 0 saturated carbocycles. The molecule has 0 spiro atoms. The molecular weight excluding hydrogens is 232 g/mol. The summed E-state index contributed by atoms with van der Waals surface area (Å²) in [6.07, 6.45) is 0. The van der Waals surface area contributed by atoms with Gasteiger partial charge in [0.15, 0.2) is 0 Å². The van der Waals surface area contributed by atoms with Crippen LogP contribution in [-0.2, 0) is 0 Å². The second kappa shape index (κ2) is 3.79. The molecule has 3 N–H and O–H groups in total. The molecule has 0 aliphatic carbocycles. The lowest BCUT2D eigenvalue weighted by atomic mass is 10.1. The number of amides is 1. The number of carbonyl (C=O) groups excluding carboxylic acids is 1. The molecule has 1 aromatic carbocycles. The molecule has 1 amide bonds. The highest BCUT2D eigenvalue weighted by molar-refractivity contribution is 9.10. The van der Waals surface area contributed by atoms with Crippen LogP contribution in [0.5, 0.6) is 0 Å². The third kappa shape index (κ3) is 2.01. The first kappa shape index (κ1) is 10.1. The number of hydrogen-bond donors (Lipinski definition) is 2. The van der Waals surface area contributed by atoms with Crippen molar-refractivity contribution in [3.63, 3.8) is 0 Å². The molecule has 0 radical (unpaired) electrons. The molecule has 3 nitrogen and oxygen atoms in total. The van der Waals surface area contributed by atoms with Gasteiger partial charge in [0, 0.05) is 22.8 Å². The fourth-order valence-corrected chi connectivity index (χ4v) is 1.45. The summed E-state index contributed by atoms with van der Waals surface area (Å²) in [7, 11) is 1.59. The number of nitrogens with one attached hydrogen (secondary N) is 1. The van der Waals surface area contributed by atoms with Gasteiger partial charge in [0.05, 0.1) is 0 Å². The summed E-state index contributed by atoms with van der Waals surface area (Å²) < 4.78 is 0.853. The molecule has 0 unspecified atom stereocenters. The van der Waals surface area contributed by atoms with E-state index in [0.717, 1.165) is 10.0 Å². The molecule has 0 aliphatic rings. The van der Waals surface area contributed by atoms with Crippen molar-refractivity contribution >= 4 is 27.5 Å². The number of benzene rings is 1. The summed E-state index contributed by atoms with van der Waals surface area (Å²) in [6, 6.07) is 3.42. The van der Waals surface area contributed by atoms with E-state index in [1.54, 1.807) is 19.2 Å². The van der Waals surface area contributed by atoms with E-state index in [-0.39, 0.29) is 5.91 Å². The Labute approximate surface area is 85.4 Å². The number of halogens is 1. The number of rotatable bonds is 1. The highest BCUT2D eigenvalue weighted by atomic mass is 79.9. The van der Waals surface area contributed by atoms with Crippen LogP contribution in [0.1, 0.15) is 15.9 Å². The highest BCUT2D eigenvalue weighted by Gasteiger charge is 2.07. The Bertz CT molecular complexity index is 326. The molecule has 1 rings (SSSR count). The van der Waals surface area contributed by atoms with Gasteiger partial charge in [-0.15, -0.1) is 0 Å². The van der Waals surface area contributed by atoms with Crippen molar-refractivity contribution in [2.45, 2.75) is 6.92 Å². The van der Waals surface area contributed by atoms with Crippen molar-refractivity contribution in [1.29, 1.82) is 0 Å².